The van der Waals surface area contributed by atoms with Gasteiger partial charge in [0.2, 0.25) is 0 Å². The summed E-state index contributed by atoms with van der Waals surface area (Å²) in [5, 5.41) is 3.92. The summed E-state index contributed by atoms with van der Waals surface area (Å²) in [6.45, 7) is 0. The van der Waals surface area contributed by atoms with E-state index in [1.807, 2.05) is 12.1 Å². The second kappa shape index (κ2) is 2.61. The van der Waals surface area contributed by atoms with Crippen LogP contribution >= 0.6 is 0 Å². The molecule has 0 saturated heterocycles. The van der Waals surface area contributed by atoms with Crippen molar-refractivity contribution in [3.05, 3.63) is 30.9 Å². The Hall–Kier alpha value is -1.91. The summed E-state index contributed by atoms with van der Waals surface area (Å²) in [5.74, 6) is 1.15. The molecule has 0 fully saturated rings. The molecule has 0 aliphatic carbocycles. The van der Waals surface area contributed by atoms with Crippen molar-refractivity contribution in [1.82, 2.24) is 19.7 Å². The standard InChI is InChI=1S/C7H7N5/c8-6-2-1-3-7(11-6)12-5-9-4-10-12/h1-5H,(H2,8,11). The number of nitrogen functional groups attached to an aromatic ring is 1. The Morgan fingerprint density at radius 3 is 2.92 bits per heavy atom. The molecule has 0 aromatic carbocycles. The molecule has 0 saturated carbocycles. The first-order valence-electron chi connectivity index (χ1n) is 3.44. The van der Waals surface area contributed by atoms with Crippen LogP contribution in [0.25, 0.3) is 5.82 Å². The molecule has 60 valence electrons. The highest BCUT2D eigenvalue weighted by Gasteiger charge is 1.96. The lowest BCUT2D eigenvalue weighted by atomic mass is 10.4. The number of anilines is 1. The van der Waals surface area contributed by atoms with Gasteiger partial charge in [0, 0.05) is 0 Å². The largest absolute Gasteiger partial charge is 0.384 e. The van der Waals surface area contributed by atoms with Gasteiger partial charge < -0.3 is 5.73 Å². The van der Waals surface area contributed by atoms with Crippen molar-refractivity contribution in [2.45, 2.75) is 0 Å². The molecule has 2 N–H and O–H groups in total. The third-order valence-electron chi connectivity index (χ3n) is 1.41. The smallest absolute Gasteiger partial charge is 0.157 e. The molecule has 2 heterocycles. The third-order valence-corrected chi connectivity index (χ3v) is 1.41. The lowest BCUT2D eigenvalue weighted by molar-refractivity contribution is 0.847. The van der Waals surface area contributed by atoms with Crippen molar-refractivity contribution in [1.29, 1.82) is 0 Å². The second-order valence-electron chi connectivity index (χ2n) is 2.26. The van der Waals surface area contributed by atoms with Crippen LogP contribution in [0.4, 0.5) is 5.82 Å². The van der Waals surface area contributed by atoms with E-state index in [2.05, 4.69) is 15.1 Å². The molecule has 5 heteroatoms. The Morgan fingerprint density at radius 1 is 1.33 bits per heavy atom. The van der Waals surface area contributed by atoms with Gasteiger partial charge in [-0.3, -0.25) is 0 Å². The highest BCUT2D eigenvalue weighted by Crippen LogP contribution is 2.03. The zero-order valence-electron chi connectivity index (χ0n) is 6.25. The summed E-state index contributed by atoms with van der Waals surface area (Å²) in [4.78, 5) is 7.85. The lowest BCUT2D eigenvalue weighted by Gasteiger charge is -1.98. The molecule has 0 radical (unpaired) electrons. The Labute approximate surface area is 68.9 Å². The van der Waals surface area contributed by atoms with Gasteiger partial charge in [-0.2, -0.15) is 5.10 Å². The van der Waals surface area contributed by atoms with Gasteiger partial charge >= 0.3 is 0 Å². The molecule has 0 bridgehead atoms. The highest BCUT2D eigenvalue weighted by molar-refractivity contribution is 5.34. The van der Waals surface area contributed by atoms with Crippen LogP contribution < -0.4 is 5.73 Å². The molecule has 2 rings (SSSR count). The maximum Gasteiger partial charge on any atom is 0.157 e. The summed E-state index contributed by atoms with van der Waals surface area (Å²) in [5.41, 5.74) is 5.49. The number of nitrogens with zero attached hydrogens (tertiary/aromatic N) is 4. The van der Waals surface area contributed by atoms with Crippen molar-refractivity contribution >= 4 is 5.82 Å². The van der Waals surface area contributed by atoms with Gasteiger partial charge in [0.05, 0.1) is 0 Å². The molecule has 2 aromatic rings. The minimum Gasteiger partial charge on any atom is -0.384 e. The minimum atomic E-state index is 0.475. The van der Waals surface area contributed by atoms with E-state index in [4.69, 9.17) is 5.73 Å². The topological polar surface area (TPSA) is 69.6 Å². The Bertz CT molecular complexity index is 367. The van der Waals surface area contributed by atoms with Crippen molar-refractivity contribution in [3.8, 4) is 5.82 Å². The first kappa shape index (κ1) is 6.78. The Kier molecular flexibility index (Phi) is 1.48. The molecule has 0 aliphatic rings. The van der Waals surface area contributed by atoms with E-state index in [1.165, 1.54) is 6.33 Å². The lowest BCUT2D eigenvalue weighted by Crippen LogP contribution is -1.99. The average molecular weight is 161 g/mol. The molecule has 2 aromatic heterocycles. The number of hydrogen-bond acceptors (Lipinski definition) is 4. The van der Waals surface area contributed by atoms with E-state index in [0.29, 0.717) is 11.6 Å². The van der Waals surface area contributed by atoms with Crippen molar-refractivity contribution in [2.24, 2.45) is 0 Å². The summed E-state index contributed by atoms with van der Waals surface area (Å²) < 4.78 is 1.55. The second-order valence-corrected chi connectivity index (χ2v) is 2.26. The van der Waals surface area contributed by atoms with Gasteiger partial charge in [-0.05, 0) is 12.1 Å². The molecule has 0 amide bonds. The predicted octanol–water partition coefficient (Wildman–Crippen LogP) is 0.244. The molecule has 0 spiro atoms. The molecular formula is C7H7N5. The molecular weight excluding hydrogens is 154 g/mol. The van der Waals surface area contributed by atoms with E-state index in [1.54, 1.807) is 17.1 Å². The van der Waals surface area contributed by atoms with Gasteiger partial charge in [-0.25, -0.2) is 14.6 Å². The normalized spacial score (nSPS) is 10.0. The molecule has 5 nitrogen and oxygen atoms in total. The van der Waals surface area contributed by atoms with Crippen LogP contribution in [0.15, 0.2) is 30.9 Å². The van der Waals surface area contributed by atoms with Crippen LogP contribution in [0, 0.1) is 0 Å². The SMILES string of the molecule is Nc1cccc(-n2cncn2)n1. The van der Waals surface area contributed by atoms with E-state index in [-0.39, 0.29) is 0 Å². The summed E-state index contributed by atoms with van der Waals surface area (Å²) in [6, 6.07) is 5.35. The maximum absolute atomic E-state index is 5.49. The van der Waals surface area contributed by atoms with Crippen LogP contribution in [-0.4, -0.2) is 19.7 Å². The fourth-order valence-electron chi connectivity index (χ4n) is 0.894. The molecule has 0 unspecified atom stereocenters. The quantitative estimate of drug-likeness (QED) is 0.650. The molecule has 0 aliphatic heterocycles. The minimum absolute atomic E-state index is 0.475. The van der Waals surface area contributed by atoms with E-state index in [0.717, 1.165) is 0 Å². The summed E-state index contributed by atoms with van der Waals surface area (Å²) >= 11 is 0. The first-order chi connectivity index (χ1) is 5.86. The van der Waals surface area contributed by atoms with Crippen molar-refractivity contribution < 1.29 is 0 Å². The fourth-order valence-corrected chi connectivity index (χ4v) is 0.894. The predicted molar refractivity (Wildman–Crippen MR) is 43.6 cm³/mol. The van der Waals surface area contributed by atoms with Gasteiger partial charge in [0.25, 0.3) is 0 Å². The number of rotatable bonds is 1. The average Bonchev–Trinajstić information content (AvgIpc) is 2.56. The maximum atomic E-state index is 5.49. The Morgan fingerprint density at radius 2 is 2.25 bits per heavy atom. The summed E-state index contributed by atoms with van der Waals surface area (Å²) in [7, 11) is 0. The van der Waals surface area contributed by atoms with Gasteiger partial charge in [-0.15, -0.1) is 0 Å². The number of hydrogen-bond donors (Lipinski definition) is 1. The van der Waals surface area contributed by atoms with Crippen molar-refractivity contribution in [3.63, 3.8) is 0 Å². The van der Waals surface area contributed by atoms with Gasteiger partial charge in [0.15, 0.2) is 5.82 Å². The zero-order valence-corrected chi connectivity index (χ0v) is 6.25. The van der Waals surface area contributed by atoms with Crippen LogP contribution in [-0.2, 0) is 0 Å². The van der Waals surface area contributed by atoms with E-state index >= 15 is 0 Å². The van der Waals surface area contributed by atoms with E-state index < -0.39 is 0 Å². The third kappa shape index (κ3) is 1.12. The number of pyridine rings is 1. The van der Waals surface area contributed by atoms with E-state index in [9.17, 15) is 0 Å². The van der Waals surface area contributed by atoms with Crippen LogP contribution in [0.1, 0.15) is 0 Å². The zero-order chi connectivity index (χ0) is 8.39. The number of nitrogens with two attached hydrogens (primary N) is 1. The van der Waals surface area contributed by atoms with Crippen LogP contribution in [0.3, 0.4) is 0 Å². The molecule has 0 atom stereocenters. The number of aromatic nitrogens is 4. The first-order valence-corrected chi connectivity index (χ1v) is 3.44. The fraction of sp³-hybridized carbons (Fsp3) is 0. The van der Waals surface area contributed by atoms with Gasteiger partial charge in [0.1, 0.15) is 18.5 Å². The Balaban J connectivity index is 2.48. The van der Waals surface area contributed by atoms with Crippen molar-refractivity contribution in [2.75, 3.05) is 5.73 Å². The van der Waals surface area contributed by atoms with Crippen LogP contribution in [0.2, 0.25) is 0 Å². The monoisotopic (exact) mass is 161 g/mol. The highest BCUT2D eigenvalue weighted by atomic mass is 15.3. The van der Waals surface area contributed by atoms with Crippen LogP contribution in [0.5, 0.6) is 0 Å². The summed E-state index contributed by atoms with van der Waals surface area (Å²) in [6.07, 6.45) is 3.02. The van der Waals surface area contributed by atoms with Gasteiger partial charge in [-0.1, -0.05) is 6.07 Å². The molecule has 12 heavy (non-hydrogen) atoms.